The third-order valence-electron chi connectivity index (χ3n) is 2.22. The van der Waals surface area contributed by atoms with Gasteiger partial charge in [-0.1, -0.05) is 0 Å². The van der Waals surface area contributed by atoms with Gasteiger partial charge in [-0.2, -0.15) is 26.3 Å². The average Bonchev–Trinajstić information content (AvgIpc) is 2.21. The zero-order valence-electron chi connectivity index (χ0n) is 9.04. The molecule has 1 nitrogen and oxygen atoms in total. The van der Waals surface area contributed by atoms with E-state index in [1.54, 1.807) is 0 Å². The van der Waals surface area contributed by atoms with Gasteiger partial charge in [-0.05, 0) is 12.1 Å². The highest BCUT2D eigenvalue weighted by Gasteiger charge is 2.61. The van der Waals surface area contributed by atoms with Gasteiger partial charge in [0.05, 0.1) is 5.56 Å². The molecule has 10 heteroatoms. The lowest BCUT2D eigenvalue weighted by molar-refractivity contribution is -0.264. The van der Waals surface area contributed by atoms with E-state index in [9.17, 15) is 44.3 Å². The lowest BCUT2D eigenvalue weighted by atomic mass is 9.96. The Balaban J connectivity index is 3.39. The van der Waals surface area contributed by atoms with Crippen LogP contribution in [0, 0.1) is 23.4 Å². The number of alkyl halides is 6. The third-order valence-corrected chi connectivity index (χ3v) is 2.22. The van der Waals surface area contributed by atoms with Crippen LogP contribution in [0.5, 0.6) is 0 Å². The van der Waals surface area contributed by atoms with Gasteiger partial charge in [0.2, 0.25) is 5.92 Å². The molecule has 0 atom stereocenters. The first kappa shape index (κ1) is 16.3. The van der Waals surface area contributed by atoms with Gasteiger partial charge in [0.15, 0.2) is 23.2 Å². The predicted octanol–water partition coefficient (Wildman–Crippen LogP) is 4.03. The molecule has 0 bridgehead atoms. The molecule has 112 valence electrons. The van der Waals surface area contributed by atoms with E-state index < -0.39 is 47.1 Å². The molecule has 0 fully saturated rings. The largest absolute Gasteiger partial charge is 0.407 e. The van der Waals surface area contributed by atoms with Gasteiger partial charge < -0.3 is 0 Å². The van der Waals surface area contributed by atoms with Crippen LogP contribution in [0.1, 0.15) is 10.4 Å². The van der Waals surface area contributed by atoms with Crippen LogP contribution >= 0.6 is 0 Å². The molecule has 0 aliphatic rings. The van der Waals surface area contributed by atoms with Crippen molar-refractivity contribution in [2.24, 2.45) is 5.92 Å². The van der Waals surface area contributed by atoms with E-state index >= 15 is 0 Å². The Bertz CT molecular complexity index is 515. The Morgan fingerprint density at radius 1 is 0.850 bits per heavy atom. The predicted molar refractivity (Wildman–Crippen MR) is 46.2 cm³/mol. The van der Waals surface area contributed by atoms with E-state index in [1.165, 1.54) is 0 Å². The number of carbonyl (C=O) groups is 1. The standard InChI is InChI=1S/C10H3F9O/c11-4-2-1-3(5(12)6(4)13)7(20)8(9(14,15)16)10(17,18)19/h1-2,8H. The van der Waals surface area contributed by atoms with Crippen LogP contribution in [0.25, 0.3) is 0 Å². The Morgan fingerprint density at radius 2 is 1.30 bits per heavy atom. The summed E-state index contributed by atoms with van der Waals surface area (Å²) in [6, 6.07) is 0.0655. The SMILES string of the molecule is O=C(c1ccc(F)c(F)c1F)C(C(F)(F)F)C(F)(F)F. The second-order valence-electron chi connectivity index (χ2n) is 3.60. The van der Waals surface area contributed by atoms with Gasteiger partial charge >= 0.3 is 12.4 Å². The minimum Gasteiger partial charge on any atom is -0.293 e. The van der Waals surface area contributed by atoms with Crippen molar-refractivity contribution in [2.45, 2.75) is 12.4 Å². The number of rotatable bonds is 2. The summed E-state index contributed by atoms with van der Waals surface area (Å²) in [4.78, 5) is 11.2. The second-order valence-corrected chi connectivity index (χ2v) is 3.60. The maximum absolute atomic E-state index is 13.1. The summed E-state index contributed by atoms with van der Waals surface area (Å²) in [5.41, 5.74) is -1.83. The molecule has 1 aromatic rings. The zero-order chi connectivity index (χ0) is 15.9. The summed E-state index contributed by atoms with van der Waals surface area (Å²) in [6.45, 7) is 0. The van der Waals surface area contributed by atoms with Crippen molar-refractivity contribution in [1.82, 2.24) is 0 Å². The van der Waals surface area contributed by atoms with Gasteiger partial charge in [-0.15, -0.1) is 0 Å². The molecule has 0 N–H and O–H groups in total. The highest BCUT2D eigenvalue weighted by molar-refractivity contribution is 5.99. The van der Waals surface area contributed by atoms with Crippen molar-refractivity contribution in [2.75, 3.05) is 0 Å². The van der Waals surface area contributed by atoms with Gasteiger partial charge in [-0.25, -0.2) is 13.2 Å². The molecule has 0 saturated carbocycles. The maximum Gasteiger partial charge on any atom is 0.407 e. The van der Waals surface area contributed by atoms with Crippen LogP contribution < -0.4 is 0 Å². The van der Waals surface area contributed by atoms with E-state index in [0.717, 1.165) is 0 Å². The lowest BCUT2D eigenvalue weighted by Gasteiger charge is -2.21. The van der Waals surface area contributed by atoms with Crippen LogP contribution in [0.4, 0.5) is 39.5 Å². The third kappa shape index (κ3) is 3.05. The summed E-state index contributed by atoms with van der Waals surface area (Å²) in [6.07, 6.45) is -12.1. The highest BCUT2D eigenvalue weighted by Crippen LogP contribution is 2.41. The number of benzene rings is 1. The van der Waals surface area contributed by atoms with E-state index in [-0.39, 0.29) is 12.1 Å². The van der Waals surface area contributed by atoms with Crippen LogP contribution in [0.15, 0.2) is 12.1 Å². The van der Waals surface area contributed by atoms with E-state index in [0.29, 0.717) is 0 Å². The monoisotopic (exact) mass is 310 g/mol. The van der Waals surface area contributed by atoms with Gasteiger partial charge in [-0.3, -0.25) is 4.79 Å². The maximum atomic E-state index is 13.1. The molecule has 20 heavy (non-hydrogen) atoms. The van der Waals surface area contributed by atoms with Crippen molar-refractivity contribution in [3.63, 3.8) is 0 Å². The topological polar surface area (TPSA) is 17.1 Å². The number of Topliss-reactive ketones (excluding diaryl/α,β-unsaturated/α-hetero) is 1. The Labute approximate surface area is 105 Å². The number of ketones is 1. The van der Waals surface area contributed by atoms with Crippen LogP contribution in [-0.4, -0.2) is 18.1 Å². The fraction of sp³-hybridized carbons (Fsp3) is 0.300. The van der Waals surface area contributed by atoms with E-state index in [4.69, 9.17) is 0 Å². The normalized spacial score (nSPS) is 12.9. The molecular weight excluding hydrogens is 307 g/mol. The summed E-state index contributed by atoms with van der Waals surface area (Å²) < 4.78 is 112. The van der Waals surface area contributed by atoms with Gasteiger partial charge in [0.1, 0.15) is 0 Å². The van der Waals surface area contributed by atoms with Gasteiger partial charge in [0, 0.05) is 0 Å². The number of halogens is 9. The number of hydrogen-bond acceptors (Lipinski definition) is 1. The Morgan fingerprint density at radius 3 is 1.70 bits per heavy atom. The van der Waals surface area contributed by atoms with Crippen molar-refractivity contribution < 1.29 is 44.3 Å². The lowest BCUT2D eigenvalue weighted by Crippen LogP contribution is -2.42. The second kappa shape index (κ2) is 4.98. The zero-order valence-corrected chi connectivity index (χ0v) is 9.04. The minimum atomic E-state index is -6.05. The summed E-state index contributed by atoms with van der Waals surface area (Å²) in [5.74, 6) is -13.9. The Hall–Kier alpha value is -1.74. The first-order chi connectivity index (χ1) is 8.87. The van der Waals surface area contributed by atoms with Crippen molar-refractivity contribution in [1.29, 1.82) is 0 Å². The van der Waals surface area contributed by atoms with Crippen molar-refractivity contribution >= 4 is 5.78 Å². The fourth-order valence-electron chi connectivity index (χ4n) is 1.35. The first-order valence-corrected chi connectivity index (χ1v) is 4.68. The number of hydrogen-bond donors (Lipinski definition) is 0. The first-order valence-electron chi connectivity index (χ1n) is 4.68. The molecule has 0 amide bonds. The molecule has 0 saturated heterocycles. The molecular formula is C10H3F9O. The summed E-state index contributed by atoms with van der Waals surface area (Å²) in [7, 11) is 0. The smallest absolute Gasteiger partial charge is 0.293 e. The van der Waals surface area contributed by atoms with Crippen LogP contribution in [-0.2, 0) is 0 Å². The van der Waals surface area contributed by atoms with Crippen LogP contribution in [0.3, 0.4) is 0 Å². The fourth-order valence-corrected chi connectivity index (χ4v) is 1.35. The molecule has 0 heterocycles. The quantitative estimate of drug-likeness (QED) is 0.458. The molecule has 0 aromatic heterocycles. The minimum absolute atomic E-state index is 0.0144. The van der Waals surface area contributed by atoms with Crippen LogP contribution in [0.2, 0.25) is 0 Å². The molecule has 0 unspecified atom stereocenters. The Kier molecular flexibility index (Phi) is 4.07. The van der Waals surface area contributed by atoms with Crippen molar-refractivity contribution in [3.05, 3.63) is 35.1 Å². The number of carbonyl (C=O) groups excluding carboxylic acids is 1. The van der Waals surface area contributed by atoms with Gasteiger partial charge in [0.25, 0.3) is 0 Å². The molecule has 1 rings (SSSR count). The average molecular weight is 310 g/mol. The summed E-state index contributed by atoms with van der Waals surface area (Å²) in [5, 5.41) is 0. The van der Waals surface area contributed by atoms with E-state index in [1.807, 2.05) is 0 Å². The molecule has 1 aromatic carbocycles. The highest BCUT2D eigenvalue weighted by atomic mass is 19.4. The molecule has 0 radical (unpaired) electrons. The van der Waals surface area contributed by atoms with Crippen molar-refractivity contribution in [3.8, 4) is 0 Å². The molecule has 0 aliphatic heterocycles. The van der Waals surface area contributed by atoms with E-state index in [2.05, 4.69) is 0 Å². The molecule has 0 spiro atoms. The molecule has 0 aliphatic carbocycles. The summed E-state index contributed by atoms with van der Waals surface area (Å²) >= 11 is 0.